The Kier molecular flexibility index (Phi) is 9.37. The van der Waals surface area contributed by atoms with E-state index in [1.807, 2.05) is 12.1 Å². The van der Waals surface area contributed by atoms with Crippen LogP contribution in [-0.4, -0.2) is 26.0 Å². The molecule has 8 heteroatoms. The summed E-state index contributed by atoms with van der Waals surface area (Å²) in [6, 6.07) is 27.7. The van der Waals surface area contributed by atoms with Crippen molar-refractivity contribution in [3.05, 3.63) is 125 Å². The molecule has 0 radical (unpaired) electrons. The van der Waals surface area contributed by atoms with Crippen molar-refractivity contribution in [1.82, 2.24) is 5.32 Å². The third-order valence-electron chi connectivity index (χ3n) is 5.73. The molecule has 0 atom stereocenters. The van der Waals surface area contributed by atoms with E-state index in [2.05, 4.69) is 10.6 Å². The lowest BCUT2D eigenvalue weighted by Crippen LogP contribution is -2.30. The Labute approximate surface area is 230 Å². The average Bonchev–Trinajstić information content (AvgIpc) is 2.97. The van der Waals surface area contributed by atoms with Gasteiger partial charge in [0.1, 0.15) is 23.0 Å². The minimum absolute atomic E-state index is 0.0217. The largest absolute Gasteiger partial charge is 0.497 e. The van der Waals surface area contributed by atoms with Gasteiger partial charge in [0, 0.05) is 27.5 Å². The van der Waals surface area contributed by atoms with E-state index in [1.54, 1.807) is 86.0 Å². The Hall–Kier alpha value is -4.56. The van der Waals surface area contributed by atoms with Crippen molar-refractivity contribution in [2.45, 2.75) is 10.6 Å². The molecule has 2 N–H and O–H groups in total. The Morgan fingerprint density at radius 3 is 2.28 bits per heavy atom. The molecule has 6 nitrogen and oxygen atoms in total. The number of hydrogen-bond donors (Lipinski definition) is 2. The van der Waals surface area contributed by atoms with Gasteiger partial charge in [0.2, 0.25) is 0 Å². The fraction of sp³-hybridized carbons (Fsp3) is 0.0968. The summed E-state index contributed by atoms with van der Waals surface area (Å²) in [7, 11) is 3.06. The van der Waals surface area contributed by atoms with Crippen LogP contribution >= 0.6 is 11.8 Å². The first-order valence-corrected chi connectivity index (χ1v) is 13.0. The first-order valence-electron chi connectivity index (χ1n) is 12.0. The zero-order chi connectivity index (χ0) is 27.6. The lowest BCUT2D eigenvalue weighted by molar-refractivity contribution is -0.113. The first kappa shape index (κ1) is 27.5. The molecular formula is C31H27FN2O4S. The lowest BCUT2D eigenvalue weighted by Gasteiger charge is -2.13. The van der Waals surface area contributed by atoms with Crippen molar-refractivity contribution in [2.75, 3.05) is 19.5 Å². The second kappa shape index (κ2) is 13.3. The van der Waals surface area contributed by atoms with Crippen LogP contribution in [0.25, 0.3) is 6.08 Å². The zero-order valence-corrected chi connectivity index (χ0v) is 22.3. The van der Waals surface area contributed by atoms with Crippen molar-refractivity contribution >= 4 is 35.3 Å². The van der Waals surface area contributed by atoms with Crippen LogP contribution in [-0.2, 0) is 10.5 Å². The normalized spacial score (nSPS) is 11.0. The number of amides is 2. The van der Waals surface area contributed by atoms with Gasteiger partial charge in [-0.05, 0) is 72.3 Å². The van der Waals surface area contributed by atoms with Crippen molar-refractivity contribution < 1.29 is 23.5 Å². The molecule has 0 aliphatic heterocycles. The van der Waals surface area contributed by atoms with E-state index < -0.39 is 11.8 Å². The molecule has 0 saturated heterocycles. The van der Waals surface area contributed by atoms with Crippen LogP contribution in [0, 0.1) is 5.82 Å². The number of benzene rings is 4. The molecule has 198 valence electrons. The first-order chi connectivity index (χ1) is 19.0. The summed E-state index contributed by atoms with van der Waals surface area (Å²) in [5.74, 6) is 0.373. The van der Waals surface area contributed by atoms with Gasteiger partial charge in [-0.3, -0.25) is 9.59 Å². The average molecular weight is 543 g/mol. The Morgan fingerprint density at radius 1 is 0.872 bits per heavy atom. The molecule has 39 heavy (non-hydrogen) atoms. The van der Waals surface area contributed by atoms with Gasteiger partial charge >= 0.3 is 0 Å². The molecule has 4 aromatic carbocycles. The Bertz CT molecular complexity index is 1470. The van der Waals surface area contributed by atoms with E-state index in [-0.39, 0.29) is 11.5 Å². The molecule has 0 bridgehead atoms. The maximum Gasteiger partial charge on any atom is 0.272 e. The minimum Gasteiger partial charge on any atom is -0.497 e. The third-order valence-corrected chi connectivity index (χ3v) is 6.79. The number of methoxy groups -OCH3 is 2. The molecule has 2 amide bonds. The van der Waals surface area contributed by atoms with Crippen LogP contribution in [0.5, 0.6) is 11.5 Å². The predicted molar refractivity (Wildman–Crippen MR) is 152 cm³/mol. The molecule has 0 unspecified atom stereocenters. The van der Waals surface area contributed by atoms with Crippen LogP contribution in [0.1, 0.15) is 21.5 Å². The lowest BCUT2D eigenvalue weighted by atomic mass is 10.1. The monoisotopic (exact) mass is 542 g/mol. The summed E-state index contributed by atoms with van der Waals surface area (Å²) in [5.41, 5.74) is 2.14. The highest BCUT2D eigenvalue weighted by atomic mass is 32.2. The highest BCUT2D eigenvalue weighted by molar-refractivity contribution is 7.98. The summed E-state index contributed by atoms with van der Waals surface area (Å²) >= 11 is 1.49. The summed E-state index contributed by atoms with van der Waals surface area (Å²) < 4.78 is 24.7. The highest BCUT2D eigenvalue weighted by Crippen LogP contribution is 2.27. The number of halogens is 1. The molecule has 4 rings (SSSR count). The smallest absolute Gasteiger partial charge is 0.272 e. The van der Waals surface area contributed by atoms with Gasteiger partial charge in [0.15, 0.2) is 0 Å². The van der Waals surface area contributed by atoms with E-state index in [9.17, 15) is 14.0 Å². The minimum atomic E-state index is -0.518. The van der Waals surface area contributed by atoms with Gasteiger partial charge in [0.25, 0.3) is 11.8 Å². The summed E-state index contributed by atoms with van der Waals surface area (Å²) in [6.07, 6.45) is 1.54. The van der Waals surface area contributed by atoms with E-state index in [0.717, 1.165) is 4.90 Å². The Balaban J connectivity index is 1.54. The number of rotatable bonds is 10. The quantitative estimate of drug-likeness (QED) is 0.176. The summed E-state index contributed by atoms with van der Waals surface area (Å²) in [6.45, 7) is 0. The molecule has 0 heterocycles. The van der Waals surface area contributed by atoms with Gasteiger partial charge in [-0.15, -0.1) is 11.8 Å². The molecule has 0 aromatic heterocycles. The molecule has 4 aromatic rings. The molecule has 0 aliphatic rings. The number of carbonyl (C=O) groups excluding carboxylic acids is 2. The molecule has 0 saturated carbocycles. The predicted octanol–water partition coefficient (Wildman–Crippen LogP) is 6.54. The van der Waals surface area contributed by atoms with Crippen LogP contribution < -0.4 is 20.1 Å². The van der Waals surface area contributed by atoms with Crippen LogP contribution in [0.3, 0.4) is 0 Å². The second-order valence-corrected chi connectivity index (χ2v) is 9.39. The maximum atomic E-state index is 13.9. The van der Waals surface area contributed by atoms with Crippen LogP contribution in [0.15, 0.2) is 108 Å². The second-order valence-electron chi connectivity index (χ2n) is 8.34. The van der Waals surface area contributed by atoms with Gasteiger partial charge < -0.3 is 20.1 Å². The number of ether oxygens (including phenoxy) is 2. The number of carbonyl (C=O) groups is 2. The molecule has 0 aliphatic carbocycles. The van der Waals surface area contributed by atoms with E-state index in [0.29, 0.717) is 39.6 Å². The number of nitrogens with one attached hydrogen (secondary N) is 2. The SMILES string of the molecule is COc1ccc(OC)c(/C=C(\NC(=O)c2ccccc2)C(=O)Nc2ccc(SCc3ccccc3F)cc2)c1. The van der Waals surface area contributed by atoms with Gasteiger partial charge in [-0.25, -0.2) is 4.39 Å². The topological polar surface area (TPSA) is 76.7 Å². The number of anilines is 1. The molecule has 0 fully saturated rings. The van der Waals surface area contributed by atoms with Crippen molar-refractivity contribution in [3.63, 3.8) is 0 Å². The van der Waals surface area contributed by atoms with Gasteiger partial charge in [0.05, 0.1) is 14.2 Å². The fourth-order valence-electron chi connectivity index (χ4n) is 3.66. The molecule has 0 spiro atoms. The van der Waals surface area contributed by atoms with Crippen molar-refractivity contribution in [2.24, 2.45) is 0 Å². The van der Waals surface area contributed by atoms with Crippen LogP contribution in [0.2, 0.25) is 0 Å². The van der Waals surface area contributed by atoms with Gasteiger partial charge in [-0.1, -0.05) is 36.4 Å². The Morgan fingerprint density at radius 2 is 1.59 bits per heavy atom. The van der Waals surface area contributed by atoms with E-state index in [4.69, 9.17) is 9.47 Å². The van der Waals surface area contributed by atoms with Crippen molar-refractivity contribution in [1.29, 1.82) is 0 Å². The summed E-state index contributed by atoms with van der Waals surface area (Å²) in [5, 5.41) is 5.55. The fourth-order valence-corrected chi connectivity index (χ4v) is 4.54. The third kappa shape index (κ3) is 7.49. The maximum absolute atomic E-state index is 13.9. The number of thioether (sulfide) groups is 1. The van der Waals surface area contributed by atoms with Crippen LogP contribution in [0.4, 0.5) is 10.1 Å². The zero-order valence-electron chi connectivity index (χ0n) is 21.4. The van der Waals surface area contributed by atoms with Gasteiger partial charge in [-0.2, -0.15) is 0 Å². The molecular weight excluding hydrogens is 515 g/mol. The van der Waals surface area contributed by atoms with E-state index >= 15 is 0 Å². The summed E-state index contributed by atoms with van der Waals surface area (Å²) in [4.78, 5) is 27.2. The van der Waals surface area contributed by atoms with E-state index in [1.165, 1.54) is 31.0 Å². The highest BCUT2D eigenvalue weighted by Gasteiger charge is 2.17. The number of hydrogen-bond acceptors (Lipinski definition) is 5. The van der Waals surface area contributed by atoms with Crippen molar-refractivity contribution in [3.8, 4) is 11.5 Å². The standard InChI is InChI=1S/C31H27FN2O4S/c1-37-25-14-17-29(38-2)23(18-25)19-28(34-30(35)21-8-4-3-5-9-21)31(36)33-24-12-15-26(16-13-24)39-20-22-10-6-7-11-27(22)32/h3-19H,20H2,1-2H3,(H,33,36)(H,34,35)/b28-19-.